The number of aromatic nitrogens is 1. The minimum absolute atomic E-state index is 0.197. The molecule has 0 amide bonds. The van der Waals surface area contributed by atoms with Crippen LogP contribution in [0, 0.1) is 11.3 Å². The van der Waals surface area contributed by atoms with Crippen molar-refractivity contribution in [3.8, 4) is 28.8 Å². The van der Waals surface area contributed by atoms with E-state index in [9.17, 15) is 0 Å². The number of halogens is 1. The zero-order valence-electron chi connectivity index (χ0n) is 12.8. The summed E-state index contributed by atoms with van der Waals surface area (Å²) in [6.07, 6.45) is 0. The molecule has 24 heavy (non-hydrogen) atoms. The fourth-order valence-corrected chi connectivity index (χ4v) is 2.27. The molecular formula is C18H13ClN2O3. The van der Waals surface area contributed by atoms with Crippen LogP contribution in [0.1, 0.15) is 11.3 Å². The minimum atomic E-state index is 0.197. The van der Waals surface area contributed by atoms with Crippen molar-refractivity contribution in [1.29, 1.82) is 5.26 Å². The van der Waals surface area contributed by atoms with Gasteiger partial charge in [-0.1, -0.05) is 28.9 Å². The van der Waals surface area contributed by atoms with Gasteiger partial charge < -0.3 is 14.0 Å². The SMILES string of the molecule is COc1cc(C#N)ccc1OCc1cc(-c2ccc(Cl)cc2)no1. The second-order valence-electron chi connectivity index (χ2n) is 4.95. The molecule has 0 unspecified atom stereocenters. The van der Waals surface area contributed by atoms with E-state index in [1.54, 1.807) is 36.4 Å². The lowest BCUT2D eigenvalue weighted by Gasteiger charge is -2.09. The van der Waals surface area contributed by atoms with E-state index in [0.717, 1.165) is 5.56 Å². The van der Waals surface area contributed by atoms with Gasteiger partial charge in [-0.2, -0.15) is 5.26 Å². The highest BCUT2D eigenvalue weighted by molar-refractivity contribution is 6.30. The third-order valence-corrected chi connectivity index (χ3v) is 3.61. The van der Waals surface area contributed by atoms with Crippen molar-refractivity contribution in [3.05, 3.63) is 64.9 Å². The molecule has 1 heterocycles. The number of rotatable bonds is 5. The van der Waals surface area contributed by atoms with E-state index in [0.29, 0.717) is 33.5 Å². The summed E-state index contributed by atoms with van der Waals surface area (Å²) in [6, 6.07) is 16.2. The van der Waals surface area contributed by atoms with E-state index in [2.05, 4.69) is 11.2 Å². The lowest BCUT2D eigenvalue weighted by molar-refractivity contribution is 0.239. The number of hydrogen-bond acceptors (Lipinski definition) is 5. The van der Waals surface area contributed by atoms with Crippen LogP contribution in [0.3, 0.4) is 0 Å². The molecule has 0 aliphatic carbocycles. The molecule has 0 fully saturated rings. The van der Waals surface area contributed by atoms with Crippen LogP contribution in [-0.4, -0.2) is 12.3 Å². The van der Waals surface area contributed by atoms with Gasteiger partial charge in [-0.25, -0.2) is 0 Å². The van der Waals surface area contributed by atoms with E-state index in [-0.39, 0.29) is 6.61 Å². The molecule has 3 rings (SSSR count). The second kappa shape index (κ2) is 7.07. The number of benzene rings is 2. The Balaban J connectivity index is 1.72. The maximum atomic E-state index is 8.91. The van der Waals surface area contributed by atoms with E-state index >= 15 is 0 Å². The summed E-state index contributed by atoms with van der Waals surface area (Å²) < 4.78 is 16.2. The van der Waals surface area contributed by atoms with E-state index in [1.165, 1.54) is 7.11 Å². The number of nitriles is 1. The lowest BCUT2D eigenvalue weighted by atomic mass is 10.1. The molecule has 5 nitrogen and oxygen atoms in total. The maximum absolute atomic E-state index is 8.91. The summed E-state index contributed by atoms with van der Waals surface area (Å²) in [6.45, 7) is 0.197. The monoisotopic (exact) mass is 340 g/mol. The Labute approximate surface area is 144 Å². The van der Waals surface area contributed by atoms with E-state index in [1.807, 2.05) is 12.1 Å². The smallest absolute Gasteiger partial charge is 0.174 e. The topological polar surface area (TPSA) is 68.3 Å². The Morgan fingerprint density at radius 1 is 1.12 bits per heavy atom. The normalized spacial score (nSPS) is 10.2. The summed E-state index contributed by atoms with van der Waals surface area (Å²) >= 11 is 5.88. The molecule has 0 saturated heterocycles. The van der Waals surface area contributed by atoms with Gasteiger partial charge in [0.15, 0.2) is 17.3 Å². The fraction of sp³-hybridized carbons (Fsp3) is 0.111. The first-order valence-electron chi connectivity index (χ1n) is 7.12. The molecule has 6 heteroatoms. The Kier molecular flexibility index (Phi) is 4.69. The van der Waals surface area contributed by atoms with Crippen LogP contribution in [0.4, 0.5) is 0 Å². The summed E-state index contributed by atoms with van der Waals surface area (Å²) in [7, 11) is 1.52. The van der Waals surface area contributed by atoms with Gasteiger partial charge in [0.2, 0.25) is 0 Å². The number of methoxy groups -OCH3 is 1. The van der Waals surface area contributed by atoms with Crippen molar-refractivity contribution in [2.45, 2.75) is 6.61 Å². The Morgan fingerprint density at radius 2 is 1.92 bits per heavy atom. The van der Waals surface area contributed by atoms with Crippen molar-refractivity contribution >= 4 is 11.6 Å². The quantitative estimate of drug-likeness (QED) is 0.686. The molecule has 2 aromatic carbocycles. The number of ether oxygens (including phenoxy) is 2. The van der Waals surface area contributed by atoms with E-state index in [4.69, 9.17) is 30.9 Å². The van der Waals surface area contributed by atoms with Crippen LogP contribution >= 0.6 is 11.6 Å². The second-order valence-corrected chi connectivity index (χ2v) is 5.39. The first-order valence-corrected chi connectivity index (χ1v) is 7.50. The van der Waals surface area contributed by atoms with Gasteiger partial charge in [-0.15, -0.1) is 0 Å². The predicted molar refractivity (Wildman–Crippen MR) is 89.0 cm³/mol. The van der Waals surface area contributed by atoms with Gasteiger partial charge in [-0.05, 0) is 24.3 Å². The minimum Gasteiger partial charge on any atom is -0.493 e. The Morgan fingerprint density at radius 3 is 2.62 bits per heavy atom. The van der Waals surface area contributed by atoms with Crippen molar-refractivity contribution in [1.82, 2.24) is 5.16 Å². The average molecular weight is 341 g/mol. The number of hydrogen-bond donors (Lipinski definition) is 0. The average Bonchev–Trinajstić information content (AvgIpc) is 3.09. The molecular weight excluding hydrogens is 328 g/mol. The van der Waals surface area contributed by atoms with Crippen molar-refractivity contribution in [3.63, 3.8) is 0 Å². The third-order valence-electron chi connectivity index (χ3n) is 3.36. The molecule has 120 valence electrons. The van der Waals surface area contributed by atoms with Crippen LogP contribution in [0.15, 0.2) is 53.1 Å². The zero-order chi connectivity index (χ0) is 16.9. The highest BCUT2D eigenvalue weighted by Crippen LogP contribution is 2.29. The molecule has 0 bridgehead atoms. The molecule has 3 aromatic rings. The first-order chi connectivity index (χ1) is 11.7. The fourth-order valence-electron chi connectivity index (χ4n) is 2.14. The Bertz CT molecular complexity index is 882. The van der Waals surface area contributed by atoms with Gasteiger partial charge in [-0.3, -0.25) is 0 Å². The molecule has 0 aliphatic heterocycles. The predicted octanol–water partition coefficient (Wildman–Crippen LogP) is 4.45. The van der Waals surface area contributed by atoms with Gasteiger partial charge in [0.25, 0.3) is 0 Å². The summed E-state index contributed by atoms with van der Waals surface area (Å²) in [5, 5.41) is 13.6. The van der Waals surface area contributed by atoms with E-state index < -0.39 is 0 Å². The molecule has 1 aromatic heterocycles. The summed E-state index contributed by atoms with van der Waals surface area (Å²) in [4.78, 5) is 0. The molecule has 0 atom stereocenters. The third kappa shape index (κ3) is 3.50. The van der Waals surface area contributed by atoms with Crippen LogP contribution < -0.4 is 9.47 Å². The Hall–Kier alpha value is -2.97. The highest BCUT2D eigenvalue weighted by atomic mass is 35.5. The van der Waals surface area contributed by atoms with Crippen molar-refractivity contribution < 1.29 is 14.0 Å². The zero-order valence-corrected chi connectivity index (χ0v) is 13.6. The summed E-state index contributed by atoms with van der Waals surface area (Å²) in [5.41, 5.74) is 2.12. The largest absolute Gasteiger partial charge is 0.493 e. The molecule has 0 aliphatic rings. The van der Waals surface area contributed by atoms with Crippen molar-refractivity contribution in [2.75, 3.05) is 7.11 Å². The van der Waals surface area contributed by atoms with Gasteiger partial charge in [0, 0.05) is 22.7 Å². The molecule has 0 saturated carbocycles. The lowest BCUT2D eigenvalue weighted by Crippen LogP contribution is -1.97. The summed E-state index contributed by atoms with van der Waals surface area (Å²) in [5.74, 6) is 1.60. The van der Waals surface area contributed by atoms with Gasteiger partial charge in [0.1, 0.15) is 12.3 Å². The molecule has 0 radical (unpaired) electrons. The first kappa shape index (κ1) is 15.9. The number of nitrogens with zero attached hydrogens (tertiary/aromatic N) is 2. The van der Waals surface area contributed by atoms with Crippen LogP contribution in [0.5, 0.6) is 11.5 Å². The standard InChI is InChI=1S/C18H13ClN2O3/c1-22-18-8-12(10-20)2-7-17(18)23-11-15-9-16(21-24-15)13-3-5-14(19)6-4-13/h2-9H,11H2,1H3. The molecule has 0 N–H and O–H groups in total. The van der Waals surface area contributed by atoms with Crippen LogP contribution in [0.25, 0.3) is 11.3 Å². The molecule has 0 spiro atoms. The maximum Gasteiger partial charge on any atom is 0.174 e. The van der Waals surface area contributed by atoms with Gasteiger partial charge >= 0.3 is 0 Å². The van der Waals surface area contributed by atoms with Crippen molar-refractivity contribution in [2.24, 2.45) is 0 Å². The van der Waals surface area contributed by atoms with Crippen LogP contribution in [0.2, 0.25) is 5.02 Å². The van der Waals surface area contributed by atoms with Gasteiger partial charge in [0.05, 0.1) is 18.7 Å². The van der Waals surface area contributed by atoms with Crippen LogP contribution in [-0.2, 0) is 6.61 Å². The highest BCUT2D eigenvalue weighted by Gasteiger charge is 2.10.